The average Bonchev–Trinajstić information content (AvgIpc) is 2.66. The Kier molecular flexibility index (Phi) is 7.20. The number of anilines is 1. The fourth-order valence-corrected chi connectivity index (χ4v) is 2.96. The van der Waals surface area contributed by atoms with Crippen molar-refractivity contribution < 1.29 is 22.8 Å². The Morgan fingerprint density at radius 2 is 1.71 bits per heavy atom. The van der Waals surface area contributed by atoms with E-state index in [9.17, 15) is 22.8 Å². The van der Waals surface area contributed by atoms with Crippen LogP contribution in [0.4, 0.5) is 18.9 Å². The molecular formula is C21H23F3N2O2. The van der Waals surface area contributed by atoms with Gasteiger partial charge in [0.1, 0.15) is 0 Å². The molecule has 0 fully saturated rings. The largest absolute Gasteiger partial charge is 0.471 e. The fraction of sp³-hybridized carbons (Fsp3) is 0.333. The van der Waals surface area contributed by atoms with Crippen molar-refractivity contribution in [1.29, 1.82) is 0 Å². The summed E-state index contributed by atoms with van der Waals surface area (Å²) in [6.07, 6.45) is -4.30. The standard InChI is InChI=1S/C21H23F3N2O2/c1-3-18(16-10-6-5-7-11-16)19(27)25-17-12-8-9-15(13-17)14-26(4-2)20(28)21(22,23)24/h5-13,18H,3-4,14H2,1-2H3,(H,25,27). The number of hydrogen-bond donors (Lipinski definition) is 1. The molecule has 2 aromatic rings. The van der Waals surface area contributed by atoms with Gasteiger partial charge in [0.25, 0.3) is 0 Å². The number of nitrogens with zero attached hydrogens (tertiary/aromatic N) is 1. The zero-order chi connectivity index (χ0) is 20.7. The predicted octanol–water partition coefficient (Wildman–Crippen LogP) is 4.73. The maximum atomic E-state index is 12.7. The quantitative estimate of drug-likeness (QED) is 0.741. The molecule has 28 heavy (non-hydrogen) atoms. The molecule has 1 atom stereocenters. The molecule has 0 spiro atoms. The van der Waals surface area contributed by atoms with E-state index in [1.807, 2.05) is 37.3 Å². The molecule has 150 valence electrons. The molecule has 0 saturated heterocycles. The lowest BCUT2D eigenvalue weighted by Gasteiger charge is -2.22. The maximum Gasteiger partial charge on any atom is 0.471 e. The van der Waals surface area contributed by atoms with Crippen molar-refractivity contribution in [3.05, 3.63) is 65.7 Å². The molecule has 0 aromatic heterocycles. The lowest BCUT2D eigenvalue weighted by molar-refractivity contribution is -0.185. The van der Waals surface area contributed by atoms with Crippen LogP contribution in [0.5, 0.6) is 0 Å². The predicted molar refractivity (Wildman–Crippen MR) is 102 cm³/mol. The first-order valence-corrected chi connectivity index (χ1v) is 9.07. The zero-order valence-corrected chi connectivity index (χ0v) is 15.8. The van der Waals surface area contributed by atoms with Gasteiger partial charge in [-0.25, -0.2) is 0 Å². The van der Waals surface area contributed by atoms with Gasteiger partial charge in [-0.1, -0.05) is 49.4 Å². The van der Waals surface area contributed by atoms with Gasteiger partial charge in [0.15, 0.2) is 0 Å². The van der Waals surface area contributed by atoms with E-state index in [1.54, 1.807) is 24.3 Å². The third-order valence-electron chi connectivity index (χ3n) is 4.41. The molecule has 2 rings (SSSR count). The summed E-state index contributed by atoms with van der Waals surface area (Å²) in [6.45, 7) is 3.14. The van der Waals surface area contributed by atoms with Crippen molar-refractivity contribution in [2.24, 2.45) is 0 Å². The van der Waals surface area contributed by atoms with Crippen LogP contribution in [0.1, 0.15) is 37.3 Å². The van der Waals surface area contributed by atoms with Crippen LogP contribution >= 0.6 is 0 Å². The minimum Gasteiger partial charge on any atom is -0.331 e. The second kappa shape index (κ2) is 9.39. The Balaban J connectivity index is 2.12. The van der Waals surface area contributed by atoms with Gasteiger partial charge < -0.3 is 10.2 Å². The fourth-order valence-electron chi connectivity index (χ4n) is 2.96. The lowest BCUT2D eigenvalue weighted by Crippen LogP contribution is -2.40. The van der Waals surface area contributed by atoms with Gasteiger partial charge in [-0.3, -0.25) is 9.59 Å². The molecular weight excluding hydrogens is 369 g/mol. The van der Waals surface area contributed by atoms with Crippen LogP contribution in [-0.2, 0) is 16.1 Å². The van der Waals surface area contributed by atoms with E-state index in [1.165, 1.54) is 6.92 Å². The van der Waals surface area contributed by atoms with Crippen LogP contribution in [-0.4, -0.2) is 29.4 Å². The first-order chi connectivity index (χ1) is 13.3. The number of amides is 2. The van der Waals surface area contributed by atoms with E-state index in [2.05, 4.69) is 5.32 Å². The van der Waals surface area contributed by atoms with E-state index in [0.29, 0.717) is 17.7 Å². The van der Waals surface area contributed by atoms with Gasteiger partial charge >= 0.3 is 12.1 Å². The summed E-state index contributed by atoms with van der Waals surface area (Å²) < 4.78 is 38.0. The second-order valence-electron chi connectivity index (χ2n) is 6.38. The minimum absolute atomic E-state index is 0.0686. The highest BCUT2D eigenvalue weighted by Crippen LogP contribution is 2.23. The van der Waals surface area contributed by atoms with Crippen LogP contribution in [0, 0.1) is 0 Å². The number of benzene rings is 2. The summed E-state index contributed by atoms with van der Waals surface area (Å²) in [5, 5.41) is 2.82. The molecule has 0 aliphatic rings. The van der Waals surface area contributed by atoms with Crippen LogP contribution in [0.3, 0.4) is 0 Å². The molecule has 0 radical (unpaired) electrons. The van der Waals surface area contributed by atoms with Gasteiger partial charge in [0.2, 0.25) is 5.91 Å². The van der Waals surface area contributed by atoms with Crippen molar-refractivity contribution in [3.63, 3.8) is 0 Å². The Bertz CT molecular complexity index is 807. The Labute approximate surface area is 162 Å². The molecule has 4 nitrogen and oxygen atoms in total. The van der Waals surface area contributed by atoms with Gasteiger partial charge in [-0.2, -0.15) is 13.2 Å². The molecule has 0 saturated carbocycles. The van der Waals surface area contributed by atoms with E-state index >= 15 is 0 Å². The lowest BCUT2D eigenvalue weighted by atomic mass is 9.95. The van der Waals surface area contributed by atoms with E-state index in [-0.39, 0.29) is 24.9 Å². The number of carbonyl (C=O) groups is 2. The molecule has 1 unspecified atom stereocenters. The van der Waals surface area contributed by atoms with Crippen LogP contribution in [0.2, 0.25) is 0 Å². The normalized spacial score (nSPS) is 12.3. The monoisotopic (exact) mass is 392 g/mol. The first-order valence-electron chi connectivity index (χ1n) is 9.07. The molecule has 0 heterocycles. The Morgan fingerprint density at radius 3 is 2.29 bits per heavy atom. The Morgan fingerprint density at radius 1 is 1.04 bits per heavy atom. The van der Waals surface area contributed by atoms with Crippen LogP contribution in [0.15, 0.2) is 54.6 Å². The second-order valence-corrected chi connectivity index (χ2v) is 6.38. The van der Waals surface area contributed by atoms with Crippen molar-refractivity contribution in [3.8, 4) is 0 Å². The maximum absolute atomic E-state index is 12.7. The highest BCUT2D eigenvalue weighted by Gasteiger charge is 2.41. The molecule has 0 bridgehead atoms. The summed E-state index contributed by atoms with van der Waals surface area (Å²) >= 11 is 0. The number of nitrogens with one attached hydrogen (secondary N) is 1. The van der Waals surface area contributed by atoms with E-state index < -0.39 is 12.1 Å². The summed E-state index contributed by atoms with van der Waals surface area (Å²) in [7, 11) is 0. The first kappa shape index (κ1) is 21.5. The van der Waals surface area contributed by atoms with Gasteiger partial charge in [0, 0.05) is 18.8 Å². The number of carbonyl (C=O) groups excluding carboxylic acids is 2. The highest BCUT2D eigenvalue weighted by atomic mass is 19.4. The molecule has 1 N–H and O–H groups in total. The third-order valence-corrected chi connectivity index (χ3v) is 4.41. The van der Waals surface area contributed by atoms with Crippen molar-refractivity contribution in [2.45, 2.75) is 38.9 Å². The summed E-state index contributed by atoms with van der Waals surface area (Å²) in [5.41, 5.74) is 1.88. The summed E-state index contributed by atoms with van der Waals surface area (Å²) in [5.74, 6) is -2.40. The van der Waals surface area contributed by atoms with Crippen LogP contribution < -0.4 is 5.32 Å². The topological polar surface area (TPSA) is 49.4 Å². The SMILES string of the molecule is CCC(C(=O)Nc1cccc(CN(CC)C(=O)C(F)(F)F)c1)c1ccccc1. The number of halogens is 3. The molecule has 0 aliphatic heterocycles. The van der Waals surface area contributed by atoms with Crippen molar-refractivity contribution >= 4 is 17.5 Å². The van der Waals surface area contributed by atoms with Crippen LogP contribution in [0.25, 0.3) is 0 Å². The minimum atomic E-state index is -4.91. The highest BCUT2D eigenvalue weighted by molar-refractivity contribution is 5.95. The summed E-state index contributed by atoms with van der Waals surface area (Å²) in [4.78, 5) is 24.9. The molecule has 0 aliphatic carbocycles. The molecule has 7 heteroatoms. The average molecular weight is 392 g/mol. The molecule has 2 aromatic carbocycles. The van der Waals surface area contributed by atoms with Crippen molar-refractivity contribution in [1.82, 2.24) is 4.90 Å². The van der Waals surface area contributed by atoms with Gasteiger partial charge in [0.05, 0.1) is 5.92 Å². The third kappa shape index (κ3) is 5.58. The zero-order valence-electron chi connectivity index (χ0n) is 15.8. The number of hydrogen-bond acceptors (Lipinski definition) is 2. The van der Waals surface area contributed by atoms with Crippen molar-refractivity contribution in [2.75, 3.05) is 11.9 Å². The smallest absolute Gasteiger partial charge is 0.331 e. The number of rotatable bonds is 7. The number of alkyl halides is 3. The summed E-state index contributed by atoms with van der Waals surface area (Å²) in [6, 6.07) is 15.9. The van der Waals surface area contributed by atoms with E-state index in [0.717, 1.165) is 10.5 Å². The van der Waals surface area contributed by atoms with E-state index in [4.69, 9.17) is 0 Å². The van der Waals surface area contributed by atoms with Gasteiger partial charge in [-0.05, 0) is 36.6 Å². The Hall–Kier alpha value is -2.83. The van der Waals surface area contributed by atoms with Gasteiger partial charge in [-0.15, -0.1) is 0 Å². The molecule has 2 amide bonds.